The van der Waals surface area contributed by atoms with E-state index in [-0.39, 0.29) is 5.91 Å². The molecule has 1 aromatic heterocycles. The number of halogens is 1. The molecule has 1 N–H and O–H groups in total. The van der Waals surface area contributed by atoms with Gasteiger partial charge in [-0.3, -0.25) is 4.79 Å². The molecule has 0 spiro atoms. The molecule has 0 aliphatic carbocycles. The van der Waals surface area contributed by atoms with Gasteiger partial charge in [-0.15, -0.1) is 0 Å². The molecule has 1 amide bonds. The van der Waals surface area contributed by atoms with E-state index in [4.69, 9.17) is 4.74 Å². The minimum Gasteiger partial charge on any atom is -0.467 e. The first-order valence-corrected chi connectivity index (χ1v) is 7.05. The summed E-state index contributed by atoms with van der Waals surface area (Å²) < 4.78 is 6.08. The molecule has 0 bridgehead atoms. The van der Waals surface area contributed by atoms with Crippen LogP contribution in [0.2, 0.25) is 0 Å². The van der Waals surface area contributed by atoms with Crippen molar-refractivity contribution in [1.82, 2.24) is 9.97 Å². The largest absolute Gasteiger partial charge is 0.467 e. The number of anilines is 1. The molecule has 0 saturated carbocycles. The Balaban J connectivity index is 2.26. The minimum absolute atomic E-state index is 0.179. The van der Waals surface area contributed by atoms with Crippen LogP contribution in [-0.2, 0) is 0 Å². The number of carbonyl (C=O) groups is 1. The molecule has 20 heavy (non-hydrogen) atoms. The van der Waals surface area contributed by atoms with Gasteiger partial charge < -0.3 is 10.1 Å². The van der Waals surface area contributed by atoms with Crippen molar-refractivity contribution in [2.45, 2.75) is 13.8 Å². The van der Waals surface area contributed by atoms with Crippen molar-refractivity contribution in [3.05, 3.63) is 44.8 Å². The summed E-state index contributed by atoms with van der Waals surface area (Å²) in [6.07, 6.45) is 0. The van der Waals surface area contributed by atoms with Crippen molar-refractivity contribution >= 4 is 34.2 Å². The molecule has 1 heterocycles. The average molecular weight is 383 g/mol. The smallest absolute Gasteiger partial charge is 0.316 e. The van der Waals surface area contributed by atoms with Crippen molar-refractivity contribution in [1.29, 1.82) is 0 Å². The first kappa shape index (κ1) is 14.7. The Morgan fingerprint density at radius 3 is 2.20 bits per heavy atom. The maximum absolute atomic E-state index is 12.2. The van der Waals surface area contributed by atoms with Crippen LogP contribution in [0.25, 0.3) is 0 Å². The van der Waals surface area contributed by atoms with E-state index >= 15 is 0 Å². The summed E-state index contributed by atoms with van der Waals surface area (Å²) in [6.45, 7) is 3.61. The van der Waals surface area contributed by atoms with Crippen molar-refractivity contribution in [3.63, 3.8) is 0 Å². The van der Waals surface area contributed by atoms with Crippen LogP contribution in [0.5, 0.6) is 6.01 Å². The highest BCUT2D eigenvalue weighted by atomic mass is 127. The molecule has 0 fully saturated rings. The van der Waals surface area contributed by atoms with Gasteiger partial charge in [0.05, 0.1) is 24.2 Å². The lowest BCUT2D eigenvalue weighted by atomic mass is 10.2. The van der Waals surface area contributed by atoms with E-state index in [1.165, 1.54) is 7.11 Å². The van der Waals surface area contributed by atoms with Crippen molar-refractivity contribution in [2.75, 3.05) is 12.4 Å². The molecule has 2 aromatic rings. The second kappa shape index (κ2) is 6.17. The van der Waals surface area contributed by atoms with Gasteiger partial charge in [-0.25, -0.2) is 0 Å². The number of benzene rings is 1. The zero-order chi connectivity index (χ0) is 14.7. The molecule has 0 radical (unpaired) electrons. The number of aromatic nitrogens is 2. The van der Waals surface area contributed by atoms with Crippen LogP contribution >= 0.6 is 22.6 Å². The highest BCUT2D eigenvalue weighted by Gasteiger charge is 2.13. The summed E-state index contributed by atoms with van der Waals surface area (Å²) in [4.78, 5) is 20.5. The Kier molecular flexibility index (Phi) is 4.53. The highest BCUT2D eigenvalue weighted by molar-refractivity contribution is 14.1. The lowest BCUT2D eigenvalue weighted by Crippen LogP contribution is -2.15. The SMILES string of the molecule is COc1nc(C)c(NC(=O)c2ccc(I)cc2)c(C)n1. The van der Waals surface area contributed by atoms with E-state index in [2.05, 4.69) is 37.9 Å². The van der Waals surface area contributed by atoms with Gasteiger partial charge in [-0.2, -0.15) is 9.97 Å². The normalized spacial score (nSPS) is 10.2. The van der Waals surface area contributed by atoms with Gasteiger partial charge in [0, 0.05) is 9.13 Å². The van der Waals surface area contributed by atoms with Gasteiger partial charge in [0.15, 0.2) is 0 Å². The summed E-state index contributed by atoms with van der Waals surface area (Å²) in [5.74, 6) is -0.179. The second-order valence-electron chi connectivity index (χ2n) is 4.22. The van der Waals surface area contributed by atoms with Gasteiger partial charge in [-0.1, -0.05) is 0 Å². The molecule has 2 rings (SSSR count). The van der Waals surface area contributed by atoms with E-state index in [0.29, 0.717) is 28.6 Å². The number of ether oxygens (including phenoxy) is 1. The molecule has 6 heteroatoms. The summed E-state index contributed by atoms with van der Waals surface area (Å²) in [6, 6.07) is 7.64. The number of carbonyl (C=O) groups excluding carboxylic acids is 1. The van der Waals surface area contributed by atoms with Crippen LogP contribution in [0.3, 0.4) is 0 Å². The van der Waals surface area contributed by atoms with E-state index in [1.807, 2.05) is 12.1 Å². The molecule has 0 aliphatic rings. The standard InChI is InChI=1S/C14H14IN3O2/c1-8-12(9(2)17-14(16-8)20-3)18-13(19)10-4-6-11(15)7-5-10/h4-7H,1-3H3,(H,18,19). The van der Waals surface area contributed by atoms with E-state index in [0.717, 1.165) is 3.57 Å². The molecular weight excluding hydrogens is 369 g/mol. The molecule has 0 atom stereocenters. The number of methoxy groups -OCH3 is 1. The third-order valence-electron chi connectivity index (χ3n) is 2.78. The topological polar surface area (TPSA) is 64.1 Å². The average Bonchev–Trinajstić information content (AvgIpc) is 2.43. The van der Waals surface area contributed by atoms with Crippen LogP contribution in [-0.4, -0.2) is 23.0 Å². The zero-order valence-electron chi connectivity index (χ0n) is 11.4. The fourth-order valence-corrected chi connectivity index (χ4v) is 2.10. The maximum Gasteiger partial charge on any atom is 0.316 e. The van der Waals surface area contributed by atoms with E-state index in [1.54, 1.807) is 26.0 Å². The third-order valence-corrected chi connectivity index (χ3v) is 3.50. The third kappa shape index (κ3) is 3.24. The first-order valence-electron chi connectivity index (χ1n) is 5.97. The summed E-state index contributed by atoms with van der Waals surface area (Å²) >= 11 is 2.20. The van der Waals surface area contributed by atoms with Crippen LogP contribution in [0, 0.1) is 17.4 Å². The lowest BCUT2D eigenvalue weighted by Gasteiger charge is -2.11. The van der Waals surface area contributed by atoms with Crippen molar-refractivity contribution in [3.8, 4) is 6.01 Å². The Hall–Kier alpha value is -1.70. The predicted octanol–water partition coefficient (Wildman–Crippen LogP) is 2.96. The Bertz CT molecular complexity index is 618. The summed E-state index contributed by atoms with van der Waals surface area (Å²) in [5, 5.41) is 2.84. The van der Waals surface area contributed by atoms with Gasteiger partial charge in [0.1, 0.15) is 0 Å². The Labute approximate surface area is 130 Å². The van der Waals surface area contributed by atoms with Crippen LogP contribution in [0.1, 0.15) is 21.7 Å². The highest BCUT2D eigenvalue weighted by Crippen LogP contribution is 2.20. The number of aryl methyl sites for hydroxylation is 2. The lowest BCUT2D eigenvalue weighted by molar-refractivity contribution is 0.102. The fraction of sp³-hybridized carbons (Fsp3) is 0.214. The Morgan fingerprint density at radius 1 is 1.15 bits per heavy atom. The summed E-state index contributed by atoms with van der Waals surface area (Å²) in [7, 11) is 1.51. The first-order chi connectivity index (χ1) is 9.51. The molecule has 0 unspecified atom stereocenters. The monoisotopic (exact) mass is 383 g/mol. The summed E-state index contributed by atoms with van der Waals surface area (Å²) in [5.41, 5.74) is 2.57. The number of hydrogen-bond acceptors (Lipinski definition) is 4. The van der Waals surface area contributed by atoms with Crippen LogP contribution in [0.4, 0.5) is 5.69 Å². The quantitative estimate of drug-likeness (QED) is 0.828. The predicted molar refractivity (Wildman–Crippen MR) is 85.2 cm³/mol. The van der Waals surface area contributed by atoms with Crippen molar-refractivity contribution < 1.29 is 9.53 Å². The zero-order valence-corrected chi connectivity index (χ0v) is 13.6. The van der Waals surface area contributed by atoms with Gasteiger partial charge in [0.25, 0.3) is 5.91 Å². The van der Waals surface area contributed by atoms with Crippen molar-refractivity contribution in [2.24, 2.45) is 0 Å². The van der Waals surface area contributed by atoms with E-state index in [9.17, 15) is 4.79 Å². The number of amides is 1. The molecule has 5 nitrogen and oxygen atoms in total. The maximum atomic E-state index is 12.2. The minimum atomic E-state index is -0.179. The van der Waals surface area contributed by atoms with Crippen LogP contribution < -0.4 is 10.1 Å². The number of nitrogens with one attached hydrogen (secondary N) is 1. The van der Waals surface area contributed by atoms with Gasteiger partial charge in [0.2, 0.25) is 0 Å². The number of nitrogens with zero attached hydrogens (tertiary/aromatic N) is 2. The molecule has 104 valence electrons. The van der Waals surface area contributed by atoms with Gasteiger partial charge in [-0.05, 0) is 60.7 Å². The molecular formula is C14H14IN3O2. The molecule has 0 aliphatic heterocycles. The number of rotatable bonds is 3. The van der Waals surface area contributed by atoms with Crippen LogP contribution in [0.15, 0.2) is 24.3 Å². The fourth-order valence-electron chi connectivity index (χ4n) is 1.74. The number of hydrogen-bond donors (Lipinski definition) is 1. The second-order valence-corrected chi connectivity index (χ2v) is 5.46. The molecule has 1 aromatic carbocycles. The Morgan fingerprint density at radius 2 is 1.70 bits per heavy atom. The van der Waals surface area contributed by atoms with E-state index < -0.39 is 0 Å². The molecule has 0 saturated heterocycles. The van der Waals surface area contributed by atoms with Gasteiger partial charge >= 0.3 is 6.01 Å².